The number of carbonyl (C=O) groups is 1. The summed E-state index contributed by atoms with van der Waals surface area (Å²) in [6.07, 6.45) is 1.73. The first-order valence-electron chi connectivity index (χ1n) is 8.04. The predicted molar refractivity (Wildman–Crippen MR) is 99.9 cm³/mol. The molecule has 0 radical (unpaired) electrons. The summed E-state index contributed by atoms with van der Waals surface area (Å²) in [6.45, 7) is 0.242. The van der Waals surface area contributed by atoms with Gasteiger partial charge in [0.15, 0.2) is 5.58 Å². The van der Waals surface area contributed by atoms with Gasteiger partial charge in [-0.15, -0.1) is 0 Å². The Morgan fingerprint density at radius 1 is 1.19 bits per heavy atom. The SMILES string of the molecule is O=C(Cn1c(=O)oc2ccccc21)NCc1cccnc1-c1ccsc1. The molecule has 0 unspecified atom stereocenters. The topological polar surface area (TPSA) is 77.1 Å². The highest BCUT2D eigenvalue weighted by molar-refractivity contribution is 7.08. The van der Waals surface area contributed by atoms with Crippen LogP contribution in [0.1, 0.15) is 5.56 Å². The lowest BCUT2D eigenvalue weighted by Gasteiger charge is -2.09. The van der Waals surface area contributed by atoms with Crippen molar-refractivity contribution in [2.45, 2.75) is 13.1 Å². The number of hydrogen-bond donors (Lipinski definition) is 1. The molecular formula is C19H15N3O3S. The Bertz CT molecular complexity index is 1110. The molecule has 0 saturated carbocycles. The van der Waals surface area contributed by atoms with Crippen LogP contribution in [0.3, 0.4) is 0 Å². The van der Waals surface area contributed by atoms with E-state index in [0.29, 0.717) is 17.6 Å². The number of nitrogens with one attached hydrogen (secondary N) is 1. The average Bonchev–Trinajstić information content (AvgIpc) is 3.29. The number of aromatic nitrogens is 2. The van der Waals surface area contributed by atoms with Gasteiger partial charge in [0.2, 0.25) is 5.91 Å². The van der Waals surface area contributed by atoms with Gasteiger partial charge < -0.3 is 9.73 Å². The fourth-order valence-electron chi connectivity index (χ4n) is 2.80. The minimum absolute atomic E-state index is 0.0934. The van der Waals surface area contributed by atoms with Crippen molar-refractivity contribution in [2.75, 3.05) is 0 Å². The molecule has 0 spiro atoms. The van der Waals surface area contributed by atoms with E-state index in [1.54, 1.807) is 41.8 Å². The van der Waals surface area contributed by atoms with E-state index in [1.807, 2.05) is 29.0 Å². The number of amides is 1. The fraction of sp³-hybridized carbons (Fsp3) is 0.105. The zero-order valence-corrected chi connectivity index (χ0v) is 14.5. The van der Waals surface area contributed by atoms with Gasteiger partial charge in [-0.05, 0) is 35.2 Å². The van der Waals surface area contributed by atoms with Gasteiger partial charge in [-0.2, -0.15) is 11.3 Å². The van der Waals surface area contributed by atoms with E-state index in [9.17, 15) is 9.59 Å². The number of hydrogen-bond acceptors (Lipinski definition) is 5. The van der Waals surface area contributed by atoms with Crippen molar-refractivity contribution >= 4 is 28.3 Å². The van der Waals surface area contributed by atoms with E-state index in [-0.39, 0.29) is 12.5 Å². The van der Waals surface area contributed by atoms with E-state index in [4.69, 9.17) is 4.42 Å². The van der Waals surface area contributed by atoms with E-state index >= 15 is 0 Å². The Kier molecular flexibility index (Phi) is 4.37. The van der Waals surface area contributed by atoms with Crippen molar-refractivity contribution in [3.8, 4) is 11.3 Å². The molecule has 130 valence electrons. The first kappa shape index (κ1) is 16.3. The molecule has 0 aliphatic rings. The van der Waals surface area contributed by atoms with Gasteiger partial charge in [0, 0.05) is 23.7 Å². The molecule has 0 aliphatic carbocycles. The van der Waals surface area contributed by atoms with Gasteiger partial charge in [-0.1, -0.05) is 18.2 Å². The van der Waals surface area contributed by atoms with Gasteiger partial charge in [0.25, 0.3) is 0 Å². The third-order valence-corrected chi connectivity index (χ3v) is 4.72. The molecule has 26 heavy (non-hydrogen) atoms. The first-order valence-corrected chi connectivity index (χ1v) is 8.98. The van der Waals surface area contributed by atoms with Crippen LogP contribution in [0, 0.1) is 0 Å². The molecule has 0 saturated heterocycles. The minimum atomic E-state index is -0.540. The molecule has 1 N–H and O–H groups in total. The van der Waals surface area contributed by atoms with Crippen molar-refractivity contribution < 1.29 is 9.21 Å². The van der Waals surface area contributed by atoms with Gasteiger partial charge in [0.1, 0.15) is 6.54 Å². The zero-order valence-electron chi connectivity index (χ0n) is 13.7. The smallest absolute Gasteiger partial charge is 0.408 e. The molecule has 1 amide bonds. The van der Waals surface area contributed by atoms with Crippen LogP contribution in [-0.4, -0.2) is 15.5 Å². The standard InChI is InChI=1S/C19H15N3O3S/c23-17(11-22-15-5-1-2-6-16(15)25-19(22)24)21-10-13-4-3-8-20-18(13)14-7-9-26-12-14/h1-9,12H,10-11H2,(H,21,23). The maximum atomic E-state index is 12.3. The van der Waals surface area contributed by atoms with Gasteiger partial charge in [-0.3, -0.25) is 14.3 Å². The lowest BCUT2D eigenvalue weighted by Crippen LogP contribution is -2.30. The Hall–Kier alpha value is -3.19. The van der Waals surface area contributed by atoms with Gasteiger partial charge in [-0.25, -0.2) is 4.79 Å². The number of fused-ring (bicyclic) bond motifs is 1. The second-order valence-electron chi connectivity index (χ2n) is 5.72. The summed E-state index contributed by atoms with van der Waals surface area (Å²) < 4.78 is 6.48. The van der Waals surface area contributed by atoms with Crippen LogP contribution in [0.15, 0.2) is 68.6 Å². The van der Waals surface area contributed by atoms with Crippen molar-refractivity contribution in [1.82, 2.24) is 14.9 Å². The van der Waals surface area contributed by atoms with E-state index in [0.717, 1.165) is 16.8 Å². The summed E-state index contributed by atoms with van der Waals surface area (Å²) in [7, 11) is 0. The van der Waals surface area contributed by atoms with Crippen LogP contribution in [-0.2, 0) is 17.9 Å². The molecule has 4 aromatic rings. The molecule has 0 atom stereocenters. The number of benzene rings is 1. The summed E-state index contributed by atoms with van der Waals surface area (Å²) in [5.41, 5.74) is 3.87. The summed E-state index contributed by atoms with van der Waals surface area (Å²) in [5.74, 6) is -0.805. The van der Waals surface area contributed by atoms with Crippen molar-refractivity contribution in [1.29, 1.82) is 0 Å². The van der Waals surface area contributed by atoms with Crippen LogP contribution in [0.5, 0.6) is 0 Å². The first-order chi connectivity index (χ1) is 12.7. The molecular weight excluding hydrogens is 350 g/mol. The van der Waals surface area contributed by atoms with E-state index in [1.165, 1.54) is 4.57 Å². The second-order valence-corrected chi connectivity index (χ2v) is 6.50. The number of nitrogens with zero attached hydrogens (tertiary/aromatic N) is 2. The number of thiophene rings is 1. The van der Waals surface area contributed by atoms with Crippen molar-refractivity contribution in [3.05, 3.63) is 75.5 Å². The third-order valence-electron chi connectivity index (χ3n) is 4.04. The van der Waals surface area contributed by atoms with E-state index in [2.05, 4.69) is 10.3 Å². The molecule has 0 bridgehead atoms. The predicted octanol–water partition coefficient (Wildman–Crippen LogP) is 3.03. The van der Waals surface area contributed by atoms with Crippen LogP contribution >= 0.6 is 11.3 Å². The molecule has 4 rings (SSSR count). The van der Waals surface area contributed by atoms with Crippen LogP contribution in [0.25, 0.3) is 22.4 Å². The van der Waals surface area contributed by atoms with Crippen LogP contribution in [0.2, 0.25) is 0 Å². The van der Waals surface area contributed by atoms with Crippen LogP contribution < -0.4 is 11.1 Å². The zero-order chi connectivity index (χ0) is 17.9. The highest BCUT2D eigenvalue weighted by Gasteiger charge is 2.13. The van der Waals surface area contributed by atoms with Crippen molar-refractivity contribution in [3.63, 3.8) is 0 Å². The largest absolute Gasteiger partial charge is 0.420 e. The lowest BCUT2D eigenvalue weighted by molar-refractivity contribution is -0.121. The summed E-state index contributed by atoms with van der Waals surface area (Å²) >= 11 is 1.60. The van der Waals surface area contributed by atoms with Crippen LogP contribution in [0.4, 0.5) is 0 Å². The molecule has 3 heterocycles. The number of carbonyl (C=O) groups excluding carboxylic acids is 1. The summed E-state index contributed by atoms with van der Waals surface area (Å²) in [5, 5.41) is 6.86. The number of pyridine rings is 1. The van der Waals surface area contributed by atoms with Gasteiger partial charge in [0.05, 0.1) is 11.2 Å². The number of oxazole rings is 1. The summed E-state index contributed by atoms with van der Waals surface area (Å²) in [4.78, 5) is 28.7. The molecule has 0 fully saturated rings. The molecule has 0 aliphatic heterocycles. The van der Waals surface area contributed by atoms with Crippen molar-refractivity contribution in [2.24, 2.45) is 0 Å². The molecule has 6 nitrogen and oxygen atoms in total. The lowest BCUT2D eigenvalue weighted by atomic mass is 10.1. The molecule has 1 aromatic carbocycles. The quantitative estimate of drug-likeness (QED) is 0.590. The maximum absolute atomic E-state index is 12.3. The Labute approximate surface area is 152 Å². The highest BCUT2D eigenvalue weighted by atomic mass is 32.1. The molecule has 3 aromatic heterocycles. The Morgan fingerprint density at radius 3 is 2.92 bits per heavy atom. The Balaban J connectivity index is 1.50. The number of rotatable bonds is 5. The maximum Gasteiger partial charge on any atom is 0.420 e. The monoisotopic (exact) mass is 365 g/mol. The summed E-state index contributed by atoms with van der Waals surface area (Å²) in [6, 6.07) is 12.8. The highest BCUT2D eigenvalue weighted by Crippen LogP contribution is 2.23. The second kappa shape index (κ2) is 6.97. The fourth-order valence-corrected chi connectivity index (χ4v) is 3.44. The molecule has 7 heteroatoms. The number of para-hydroxylation sites is 2. The Morgan fingerprint density at radius 2 is 2.08 bits per heavy atom. The third kappa shape index (κ3) is 3.16. The minimum Gasteiger partial charge on any atom is -0.408 e. The van der Waals surface area contributed by atoms with Gasteiger partial charge >= 0.3 is 5.76 Å². The normalized spacial score (nSPS) is 10.9. The average molecular weight is 365 g/mol. The van der Waals surface area contributed by atoms with E-state index < -0.39 is 5.76 Å².